The van der Waals surface area contributed by atoms with Crippen LogP contribution in [0.3, 0.4) is 0 Å². The highest BCUT2D eigenvalue weighted by Gasteiger charge is 2.30. The van der Waals surface area contributed by atoms with Crippen LogP contribution in [0, 0.1) is 0 Å². The first-order valence-corrected chi connectivity index (χ1v) is 8.63. The summed E-state index contributed by atoms with van der Waals surface area (Å²) in [4.78, 5) is 30.8. The molecule has 1 aliphatic rings. The number of carbonyl (C=O) groups excluding carboxylic acids is 2. The zero-order valence-corrected chi connectivity index (χ0v) is 15.1. The van der Waals surface area contributed by atoms with Crippen LogP contribution in [0.4, 0.5) is 5.13 Å². The highest BCUT2D eigenvalue weighted by molar-refractivity contribution is 7.13. The number of carbonyl (C=O) groups is 2. The molecule has 1 aliphatic heterocycles. The van der Waals surface area contributed by atoms with E-state index in [0.717, 1.165) is 0 Å². The predicted molar refractivity (Wildman–Crippen MR) is 94.1 cm³/mol. The number of amides is 2. The van der Waals surface area contributed by atoms with Gasteiger partial charge >= 0.3 is 0 Å². The van der Waals surface area contributed by atoms with Crippen LogP contribution in [0.2, 0.25) is 0 Å². The first-order valence-electron chi connectivity index (χ1n) is 7.75. The highest BCUT2D eigenvalue weighted by atomic mass is 32.1. The SMILES string of the molecule is CC(C)(C)N(CC(=O)Nc1nccs1)C(=O)c1ccc2c(c1)OCO2. The molecule has 0 unspecified atom stereocenters. The molecule has 2 aromatic rings. The lowest BCUT2D eigenvalue weighted by molar-refractivity contribution is -0.117. The van der Waals surface area contributed by atoms with Gasteiger partial charge in [0.2, 0.25) is 12.7 Å². The van der Waals surface area contributed by atoms with Crippen LogP contribution in [0.5, 0.6) is 11.5 Å². The third kappa shape index (κ3) is 3.90. The molecule has 7 nitrogen and oxygen atoms in total. The van der Waals surface area contributed by atoms with Crippen LogP contribution >= 0.6 is 11.3 Å². The Kier molecular flexibility index (Phi) is 4.63. The number of aromatic nitrogens is 1. The van der Waals surface area contributed by atoms with Crippen LogP contribution in [0.1, 0.15) is 31.1 Å². The zero-order chi connectivity index (χ0) is 18.0. The van der Waals surface area contributed by atoms with Gasteiger partial charge in [0.1, 0.15) is 6.54 Å². The van der Waals surface area contributed by atoms with Gasteiger partial charge < -0.3 is 19.7 Å². The van der Waals surface area contributed by atoms with Gasteiger partial charge in [-0.25, -0.2) is 4.98 Å². The minimum atomic E-state index is -0.534. The molecule has 2 heterocycles. The summed E-state index contributed by atoms with van der Waals surface area (Å²) < 4.78 is 10.6. The first-order chi connectivity index (χ1) is 11.8. The van der Waals surface area contributed by atoms with Gasteiger partial charge in [0.05, 0.1) is 0 Å². The second-order valence-corrected chi connectivity index (χ2v) is 7.41. The minimum Gasteiger partial charge on any atom is -0.454 e. The Balaban J connectivity index is 1.78. The van der Waals surface area contributed by atoms with Crippen LogP contribution in [-0.2, 0) is 4.79 Å². The van der Waals surface area contributed by atoms with Crippen molar-refractivity contribution in [2.24, 2.45) is 0 Å². The highest BCUT2D eigenvalue weighted by Crippen LogP contribution is 2.33. The monoisotopic (exact) mass is 361 g/mol. The minimum absolute atomic E-state index is 0.0731. The van der Waals surface area contributed by atoms with Crippen LogP contribution < -0.4 is 14.8 Å². The molecule has 0 spiro atoms. The molecule has 2 amide bonds. The molecule has 8 heteroatoms. The zero-order valence-electron chi connectivity index (χ0n) is 14.2. The Hall–Kier alpha value is -2.61. The van der Waals surface area contributed by atoms with Gasteiger partial charge in [-0.3, -0.25) is 9.59 Å². The number of hydrogen-bond donors (Lipinski definition) is 1. The van der Waals surface area contributed by atoms with Crippen LogP contribution in [0.25, 0.3) is 0 Å². The van der Waals surface area contributed by atoms with Gasteiger partial charge in [0, 0.05) is 22.7 Å². The molecule has 0 fully saturated rings. The number of thiazole rings is 1. The molecule has 1 N–H and O–H groups in total. The van der Waals surface area contributed by atoms with Gasteiger partial charge in [0.25, 0.3) is 5.91 Å². The second-order valence-electron chi connectivity index (χ2n) is 6.52. The maximum atomic E-state index is 13.0. The maximum Gasteiger partial charge on any atom is 0.254 e. The Morgan fingerprint density at radius 3 is 2.72 bits per heavy atom. The fourth-order valence-electron chi connectivity index (χ4n) is 2.39. The number of nitrogens with zero attached hydrogens (tertiary/aromatic N) is 2. The van der Waals surface area contributed by atoms with E-state index in [-0.39, 0.29) is 25.2 Å². The van der Waals surface area contributed by atoms with E-state index >= 15 is 0 Å². The van der Waals surface area contributed by atoms with Gasteiger partial charge in [0.15, 0.2) is 16.6 Å². The number of benzene rings is 1. The molecule has 25 heavy (non-hydrogen) atoms. The molecular formula is C17H19N3O4S. The van der Waals surface area contributed by atoms with E-state index in [1.54, 1.807) is 29.8 Å². The number of ether oxygens (including phenoxy) is 2. The van der Waals surface area contributed by atoms with Crippen molar-refractivity contribution in [3.8, 4) is 11.5 Å². The van der Waals surface area contributed by atoms with E-state index in [4.69, 9.17) is 9.47 Å². The van der Waals surface area contributed by atoms with Crippen LogP contribution in [-0.4, -0.2) is 40.6 Å². The summed E-state index contributed by atoms with van der Waals surface area (Å²) in [5, 5.41) is 4.98. The van der Waals surface area contributed by atoms with Crippen molar-refractivity contribution in [2.75, 3.05) is 18.7 Å². The van der Waals surface area contributed by atoms with Crippen molar-refractivity contribution in [1.29, 1.82) is 0 Å². The molecule has 0 atom stereocenters. The molecule has 0 radical (unpaired) electrons. The normalized spacial score (nSPS) is 12.8. The average Bonchev–Trinajstić information content (AvgIpc) is 3.21. The lowest BCUT2D eigenvalue weighted by Gasteiger charge is -2.35. The largest absolute Gasteiger partial charge is 0.454 e. The molecule has 0 bridgehead atoms. The molecule has 0 saturated heterocycles. The molecule has 3 rings (SSSR count). The van der Waals surface area contributed by atoms with E-state index in [2.05, 4.69) is 10.3 Å². The fraction of sp³-hybridized carbons (Fsp3) is 0.353. The lowest BCUT2D eigenvalue weighted by atomic mass is 10.0. The van der Waals surface area contributed by atoms with E-state index < -0.39 is 5.54 Å². The molecule has 0 aliphatic carbocycles. The summed E-state index contributed by atoms with van der Waals surface area (Å²) in [6, 6.07) is 5.02. The topological polar surface area (TPSA) is 80.8 Å². The third-order valence-corrected chi connectivity index (χ3v) is 4.34. The predicted octanol–water partition coefficient (Wildman–Crippen LogP) is 2.75. The number of anilines is 1. The maximum absolute atomic E-state index is 13.0. The molecule has 1 aromatic heterocycles. The summed E-state index contributed by atoms with van der Waals surface area (Å²) in [5.41, 5.74) is -0.0885. The van der Waals surface area contributed by atoms with E-state index in [1.807, 2.05) is 20.8 Å². The second kappa shape index (κ2) is 6.72. The standard InChI is InChI=1S/C17H19N3O4S/c1-17(2,3)20(9-14(21)19-16-18-6-7-25-16)15(22)11-4-5-12-13(8-11)24-10-23-12/h4-8H,9-10H2,1-3H3,(H,18,19,21). The van der Waals surface area contributed by atoms with Crippen molar-refractivity contribution in [1.82, 2.24) is 9.88 Å². The van der Waals surface area contributed by atoms with E-state index in [1.165, 1.54) is 16.2 Å². The van der Waals surface area contributed by atoms with Crippen molar-refractivity contribution >= 4 is 28.3 Å². The number of nitrogens with one attached hydrogen (secondary N) is 1. The van der Waals surface area contributed by atoms with Crippen molar-refractivity contribution in [3.05, 3.63) is 35.3 Å². The average molecular weight is 361 g/mol. The summed E-state index contributed by atoms with van der Waals surface area (Å²) in [6.07, 6.45) is 1.61. The molecule has 0 saturated carbocycles. The smallest absolute Gasteiger partial charge is 0.254 e. The summed E-state index contributed by atoms with van der Waals surface area (Å²) >= 11 is 1.33. The first kappa shape index (κ1) is 17.2. The molecule has 132 valence electrons. The molecular weight excluding hydrogens is 342 g/mol. The molecule has 1 aromatic carbocycles. The van der Waals surface area contributed by atoms with Crippen molar-refractivity contribution in [3.63, 3.8) is 0 Å². The lowest BCUT2D eigenvalue weighted by Crippen LogP contribution is -2.49. The van der Waals surface area contributed by atoms with Gasteiger partial charge in [-0.05, 0) is 39.0 Å². The van der Waals surface area contributed by atoms with E-state index in [9.17, 15) is 9.59 Å². The summed E-state index contributed by atoms with van der Waals surface area (Å²) in [5.74, 6) is 0.603. The number of fused-ring (bicyclic) bond motifs is 1. The quantitative estimate of drug-likeness (QED) is 0.906. The van der Waals surface area contributed by atoms with Crippen LogP contribution in [0.15, 0.2) is 29.8 Å². The number of rotatable bonds is 4. The summed E-state index contributed by atoms with van der Waals surface area (Å²) in [7, 11) is 0. The Bertz CT molecular complexity index is 784. The third-order valence-electron chi connectivity index (χ3n) is 3.65. The fourth-order valence-corrected chi connectivity index (χ4v) is 2.93. The van der Waals surface area contributed by atoms with E-state index in [0.29, 0.717) is 22.2 Å². The van der Waals surface area contributed by atoms with Gasteiger partial charge in [-0.1, -0.05) is 0 Å². The number of hydrogen-bond acceptors (Lipinski definition) is 6. The Labute approximate surface area is 149 Å². The van der Waals surface area contributed by atoms with Crippen molar-refractivity contribution in [2.45, 2.75) is 26.3 Å². The summed E-state index contributed by atoms with van der Waals surface area (Å²) in [6.45, 7) is 5.72. The Morgan fingerprint density at radius 1 is 1.28 bits per heavy atom. The van der Waals surface area contributed by atoms with Gasteiger partial charge in [-0.2, -0.15) is 0 Å². The van der Waals surface area contributed by atoms with Crippen molar-refractivity contribution < 1.29 is 19.1 Å². The Morgan fingerprint density at radius 2 is 2.04 bits per heavy atom. The van der Waals surface area contributed by atoms with Gasteiger partial charge in [-0.15, -0.1) is 11.3 Å².